The third kappa shape index (κ3) is 14.9. The molecule has 7 atom stereocenters. The van der Waals surface area contributed by atoms with Crippen LogP contribution in [0.5, 0.6) is 0 Å². The molecule has 2 fully saturated rings. The van der Waals surface area contributed by atoms with Crippen LogP contribution in [0, 0.1) is 17.8 Å². The standard InChI is InChI=1S/C46H71N7O8/c1-27(2)16-11-9-10-12-17-33-25-40(54)48-30(7)41(55)49-31(8)42(56)51-37(23-29(5)6)45(59)53-21-15-20-39(53)44(58)50-36(22-28(3)4)43(57)52-38(46(60)61-33)24-32-26-47-35-19-14-13-18-34(32)35/h13-14,18-19,26-31,33,36-39,47H,9-12,15-17,20-25H2,1-8H3,(H,48,54)(H,49,55)(H,50,58)(H,51,56)(H,52,57). The number of hydrogen-bond acceptors (Lipinski definition) is 8. The molecule has 7 unspecified atom stereocenters. The largest absolute Gasteiger partial charge is 0.460 e. The maximum Gasteiger partial charge on any atom is 0.329 e. The summed E-state index contributed by atoms with van der Waals surface area (Å²) in [6.45, 7) is 15.3. The molecule has 338 valence electrons. The molecule has 0 saturated carbocycles. The molecule has 1 aromatic heterocycles. The number of para-hydroxylation sites is 1. The summed E-state index contributed by atoms with van der Waals surface area (Å²) in [5.41, 5.74) is 1.62. The van der Waals surface area contributed by atoms with E-state index < -0.39 is 83.8 Å². The lowest BCUT2D eigenvalue weighted by Gasteiger charge is -2.31. The van der Waals surface area contributed by atoms with Crippen molar-refractivity contribution in [3.63, 3.8) is 0 Å². The summed E-state index contributed by atoms with van der Waals surface area (Å²) in [4.78, 5) is 102. The summed E-state index contributed by atoms with van der Waals surface area (Å²) in [6, 6.07) is 1.40. The number of unbranched alkanes of at least 4 members (excludes halogenated alkanes) is 3. The number of esters is 1. The smallest absolute Gasteiger partial charge is 0.329 e. The van der Waals surface area contributed by atoms with Gasteiger partial charge in [-0.15, -0.1) is 0 Å². The lowest BCUT2D eigenvalue weighted by atomic mass is 10.00. The Balaban J connectivity index is 1.70. The van der Waals surface area contributed by atoms with Crippen LogP contribution in [0.1, 0.15) is 132 Å². The molecule has 0 bridgehead atoms. The predicted molar refractivity (Wildman–Crippen MR) is 234 cm³/mol. The first-order valence-electron chi connectivity index (χ1n) is 22.5. The van der Waals surface area contributed by atoms with E-state index in [0.717, 1.165) is 42.1 Å². The Morgan fingerprint density at radius 2 is 1.31 bits per heavy atom. The number of cyclic esters (lactones) is 1. The minimum Gasteiger partial charge on any atom is -0.460 e. The monoisotopic (exact) mass is 850 g/mol. The Bertz CT molecular complexity index is 1830. The van der Waals surface area contributed by atoms with E-state index in [9.17, 15) is 33.6 Å². The first-order chi connectivity index (χ1) is 28.9. The van der Waals surface area contributed by atoms with Crippen molar-refractivity contribution in [1.29, 1.82) is 0 Å². The molecule has 15 heteroatoms. The molecule has 2 saturated heterocycles. The minimum atomic E-state index is -1.19. The van der Waals surface area contributed by atoms with Crippen molar-refractivity contribution in [2.24, 2.45) is 17.8 Å². The van der Waals surface area contributed by atoms with E-state index in [1.807, 2.05) is 52.0 Å². The Kier molecular flexibility index (Phi) is 18.6. The normalized spacial score (nSPS) is 25.7. The van der Waals surface area contributed by atoms with E-state index in [1.165, 1.54) is 18.7 Å². The maximum absolute atomic E-state index is 14.4. The lowest BCUT2D eigenvalue weighted by Crippen LogP contribution is -2.59. The van der Waals surface area contributed by atoms with Crippen molar-refractivity contribution in [3.8, 4) is 0 Å². The maximum atomic E-state index is 14.4. The van der Waals surface area contributed by atoms with Gasteiger partial charge in [-0.3, -0.25) is 28.8 Å². The average molecular weight is 850 g/mol. The quantitative estimate of drug-likeness (QED) is 0.124. The van der Waals surface area contributed by atoms with Gasteiger partial charge in [0.25, 0.3) is 0 Å². The summed E-state index contributed by atoms with van der Waals surface area (Å²) >= 11 is 0. The molecule has 2 aliphatic rings. The van der Waals surface area contributed by atoms with E-state index in [2.05, 4.69) is 45.4 Å². The van der Waals surface area contributed by atoms with Crippen molar-refractivity contribution in [1.82, 2.24) is 36.5 Å². The molecule has 2 aliphatic heterocycles. The van der Waals surface area contributed by atoms with Crippen molar-refractivity contribution < 1.29 is 38.3 Å². The Morgan fingerprint density at radius 1 is 0.689 bits per heavy atom. The summed E-state index contributed by atoms with van der Waals surface area (Å²) in [5.74, 6) is -3.44. The third-order valence-corrected chi connectivity index (χ3v) is 11.5. The molecule has 1 aromatic carbocycles. The van der Waals surface area contributed by atoms with Gasteiger partial charge in [0.1, 0.15) is 42.4 Å². The van der Waals surface area contributed by atoms with Crippen molar-refractivity contribution in [2.75, 3.05) is 6.54 Å². The molecule has 4 rings (SSSR count). The lowest BCUT2D eigenvalue weighted by molar-refractivity contribution is -0.155. The molecule has 6 amide bonds. The molecule has 0 radical (unpaired) electrons. The zero-order valence-corrected chi connectivity index (χ0v) is 37.6. The second-order valence-electron chi connectivity index (χ2n) is 18.4. The first-order valence-corrected chi connectivity index (χ1v) is 22.5. The number of H-pyrrole nitrogens is 1. The molecule has 15 nitrogen and oxygen atoms in total. The van der Waals surface area contributed by atoms with Gasteiger partial charge >= 0.3 is 5.97 Å². The van der Waals surface area contributed by atoms with E-state index >= 15 is 0 Å². The van der Waals surface area contributed by atoms with Gasteiger partial charge in [-0.1, -0.05) is 85.4 Å². The number of ether oxygens (including phenoxy) is 1. The number of benzene rings is 1. The fraction of sp³-hybridized carbons (Fsp3) is 0.674. The van der Waals surface area contributed by atoms with Gasteiger partial charge in [0, 0.05) is 30.1 Å². The molecule has 0 aliphatic carbocycles. The molecular weight excluding hydrogens is 779 g/mol. The number of aromatic nitrogens is 1. The molecule has 2 aromatic rings. The highest BCUT2D eigenvalue weighted by Crippen LogP contribution is 2.23. The highest BCUT2D eigenvalue weighted by molar-refractivity contribution is 5.97. The van der Waals surface area contributed by atoms with Crippen LogP contribution in [0.25, 0.3) is 10.9 Å². The number of rotatable bonds is 13. The topological polar surface area (TPSA) is 208 Å². The van der Waals surface area contributed by atoms with Crippen LogP contribution >= 0.6 is 0 Å². The second-order valence-corrected chi connectivity index (χ2v) is 18.4. The van der Waals surface area contributed by atoms with Crippen LogP contribution in [0.2, 0.25) is 0 Å². The van der Waals surface area contributed by atoms with Crippen LogP contribution in [0.3, 0.4) is 0 Å². The number of carbonyl (C=O) groups is 7. The second kappa shape index (κ2) is 23.3. The summed E-state index contributed by atoms with van der Waals surface area (Å²) in [7, 11) is 0. The van der Waals surface area contributed by atoms with Crippen LogP contribution < -0.4 is 26.6 Å². The van der Waals surface area contributed by atoms with Gasteiger partial charge < -0.3 is 41.2 Å². The number of hydrogen-bond donors (Lipinski definition) is 6. The van der Waals surface area contributed by atoms with E-state index in [-0.39, 0.29) is 44.1 Å². The number of aromatic amines is 1. The predicted octanol–water partition coefficient (Wildman–Crippen LogP) is 4.57. The average Bonchev–Trinajstić information content (AvgIpc) is 3.85. The Labute approximate surface area is 361 Å². The summed E-state index contributed by atoms with van der Waals surface area (Å²) in [6.07, 6.45) is 7.28. The first kappa shape index (κ1) is 48.7. The fourth-order valence-electron chi connectivity index (χ4n) is 8.15. The number of nitrogens with zero attached hydrogens (tertiary/aromatic N) is 1. The molecule has 61 heavy (non-hydrogen) atoms. The molecular formula is C46H71N7O8. The molecule has 3 heterocycles. The highest BCUT2D eigenvalue weighted by atomic mass is 16.5. The van der Waals surface area contributed by atoms with Crippen molar-refractivity contribution >= 4 is 52.3 Å². The zero-order valence-electron chi connectivity index (χ0n) is 37.6. The van der Waals surface area contributed by atoms with Crippen molar-refractivity contribution in [2.45, 2.75) is 175 Å². The zero-order chi connectivity index (χ0) is 44.8. The van der Waals surface area contributed by atoms with E-state index in [4.69, 9.17) is 4.74 Å². The number of amides is 6. The third-order valence-electron chi connectivity index (χ3n) is 11.5. The highest BCUT2D eigenvalue weighted by Gasteiger charge is 2.40. The van der Waals surface area contributed by atoms with Crippen LogP contribution in [-0.2, 0) is 44.7 Å². The Hall–Kier alpha value is -4.95. The van der Waals surface area contributed by atoms with E-state index in [1.54, 1.807) is 6.20 Å². The Morgan fingerprint density at radius 3 is 2.02 bits per heavy atom. The molecule has 0 spiro atoms. The van der Waals surface area contributed by atoms with Gasteiger partial charge in [0.15, 0.2) is 0 Å². The fourth-order valence-corrected chi connectivity index (χ4v) is 8.15. The molecule has 6 N–H and O–H groups in total. The van der Waals surface area contributed by atoms with Gasteiger partial charge in [-0.25, -0.2) is 4.79 Å². The van der Waals surface area contributed by atoms with Gasteiger partial charge in [-0.2, -0.15) is 0 Å². The SMILES string of the molecule is CC(C)CCCCCCC1CC(=O)NC(C)C(=O)NC(C)C(=O)NC(CC(C)C)C(=O)N2CCCC2C(=O)NC(CC(C)C)C(=O)NC(Cc2c[nH]c3ccccc23)C(=O)O1. The number of fused-ring (bicyclic) bond motifs is 2. The van der Waals surface area contributed by atoms with Crippen LogP contribution in [0.4, 0.5) is 0 Å². The number of nitrogens with one attached hydrogen (secondary N) is 6. The van der Waals surface area contributed by atoms with Crippen LogP contribution in [0.15, 0.2) is 30.5 Å². The number of carbonyl (C=O) groups excluding carboxylic acids is 7. The van der Waals surface area contributed by atoms with Crippen LogP contribution in [-0.4, -0.2) is 100 Å². The van der Waals surface area contributed by atoms with E-state index in [0.29, 0.717) is 31.6 Å². The minimum absolute atomic E-state index is 0.000432. The van der Waals surface area contributed by atoms with Crippen molar-refractivity contribution in [3.05, 3.63) is 36.0 Å². The van der Waals surface area contributed by atoms with Gasteiger partial charge in [-0.05, 0) is 81.8 Å². The summed E-state index contributed by atoms with van der Waals surface area (Å²) in [5, 5.41) is 14.8. The summed E-state index contributed by atoms with van der Waals surface area (Å²) < 4.78 is 6.13. The van der Waals surface area contributed by atoms with Gasteiger partial charge in [0.05, 0.1) is 6.42 Å². The van der Waals surface area contributed by atoms with Gasteiger partial charge in [0.2, 0.25) is 35.4 Å².